The molecule has 0 bridgehead atoms. The third-order valence-electron chi connectivity index (χ3n) is 3.58. The van der Waals surface area contributed by atoms with E-state index < -0.39 is 0 Å². The maximum atomic E-state index is 4.40. The molecule has 2 atom stereocenters. The third kappa shape index (κ3) is 2.62. The van der Waals surface area contributed by atoms with Gasteiger partial charge in [0, 0.05) is 17.5 Å². The van der Waals surface area contributed by atoms with Crippen LogP contribution in [0, 0.1) is 5.92 Å². The Morgan fingerprint density at radius 2 is 2.06 bits per heavy atom. The molecule has 1 aromatic carbocycles. The topological polar surface area (TPSA) is 24.9 Å². The van der Waals surface area contributed by atoms with Gasteiger partial charge in [-0.1, -0.05) is 30.3 Å². The number of benzene rings is 1. The van der Waals surface area contributed by atoms with Crippen LogP contribution in [0.5, 0.6) is 0 Å². The molecule has 1 heterocycles. The van der Waals surface area contributed by atoms with Crippen molar-refractivity contribution >= 4 is 11.3 Å². The first-order valence-corrected chi connectivity index (χ1v) is 7.48. The van der Waals surface area contributed by atoms with Gasteiger partial charge in [0.25, 0.3) is 0 Å². The van der Waals surface area contributed by atoms with E-state index in [1.807, 2.05) is 5.51 Å². The highest BCUT2D eigenvalue weighted by Crippen LogP contribution is 2.42. The minimum absolute atomic E-state index is 0.321. The lowest BCUT2D eigenvalue weighted by molar-refractivity contribution is 0.423. The molecule has 0 saturated heterocycles. The highest BCUT2D eigenvalue weighted by molar-refractivity contribution is 7.07. The Bertz CT molecular complexity index is 476. The van der Waals surface area contributed by atoms with Crippen molar-refractivity contribution in [2.75, 3.05) is 0 Å². The predicted molar refractivity (Wildman–Crippen MR) is 75.6 cm³/mol. The van der Waals surface area contributed by atoms with Crippen molar-refractivity contribution in [2.24, 2.45) is 5.92 Å². The van der Waals surface area contributed by atoms with Gasteiger partial charge in [-0.3, -0.25) is 0 Å². The number of aromatic nitrogens is 1. The SMILES string of the molecule is CC(NC(c1ccccc1)C1CC1)c1cscn1. The van der Waals surface area contributed by atoms with Crippen molar-refractivity contribution < 1.29 is 0 Å². The zero-order valence-corrected chi connectivity index (χ0v) is 11.4. The Hall–Kier alpha value is -1.19. The zero-order valence-electron chi connectivity index (χ0n) is 10.5. The first-order valence-electron chi connectivity index (χ1n) is 6.53. The number of hydrogen-bond donors (Lipinski definition) is 1. The fourth-order valence-corrected chi connectivity index (χ4v) is 3.03. The smallest absolute Gasteiger partial charge is 0.0795 e. The molecular formula is C15H18N2S. The fourth-order valence-electron chi connectivity index (χ4n) is 2.38. The molecule has 1 aliphatic carbocycles. The van der Waals surface area contributed by atoms with Crippen molar-refractivity contribution in [3.05, 3.63) is 52.5 Å². The summed E-state index contributed by atoms with van der Waals surface area (Å²) in [5.74, 6) is 0.800. The molecule has 0 spiro atoms. The van der Waals surface area contributed by atoms with Gasteiger partial charge in [-0.15, -0.1) is 11.3 Å². The Labute approximate surface area is 112 Å². The summed E-state index contributed by atoms with van der Waals surface area (Å²) in [5.41, 5.74) is 4.46. The Morgan fingerprint density at radius 3 is 2.67 bits per heavy atom. The van der Waals surface area contributed by atoms with Crippen LogP contribution in [0.1, 0.15) is 43.1 Å². The van der Waals surface area contributed by atoms with E-state index in [1.54, 1.807) is 11.3 Å². The fraction of sp³-hybridized carbons (Fsp3) is 0.400. The van der Waals surface area contributed by atoms with Gasteiger partial charge < -0.3 is 5.32 Å². The van der Waals surface area contributed by atoms with Crippen molar-refractivity contribution in [3.63, 3.8) is 0 Å². The molecule has 0 aliphatic heterocycles. The van der Waals surface area contributed by atoms with Crippen LogP contribution in [0.2, 0.25) is 0 Å². The van der Waals surface area contributed by atoms with E-state index in [4.69, 9.17) is 0 Å². The van der Waals surface area contributed by atoms with Crippen LogP contribution in [0.25, 0.3) is 0 Å². The summed E-state index contributed by atoms with van der Waals surface area (Å²) in [6.45, 7) is 2.20. The first-order chi connectivity index (χ1) is 8.84. The minimum atomic E-state index is 0.321. The van der Waals surface area contributed by atoms with Crippen molar-refractivity contribution in [2.45, 2.75) is 31.8 Å². The van der Waals surface area contributed by atoms with E-state index in [9.17, 15) is 0 Å². The van der Waals surface area contributed by atoms with Gasteiger partial charge in [0.05, 0.1) is 11.2 Å². The molecule has 1 aromatic heterocycles. The van der Waals surface area contributed by atoms with E-state index in [-0.39, 0.29) is 0 Å². The molecule has 18 heavy (non-hydrogen) atoms. The summed E-state index contributed by atoms with van der Waals surface area (Å²) < 4.78 is 0. The number of hydrogen-bond acceptors (Lipinski definition) is 3. The van der Waals surface area contributed by atoms with Gasteiger partial charge in [0.2, 0.25) is 0 Å². The Morgan fingerprint density at radius 1 is 1.28 bits per heavy atom. The molecule has 3 heteroatoms. The summed E-state index contributed by atoms with van der Waals surface area (Å²) in [6.07, 6.45) is 2.69. The van der Waals surface area contributed by atoms with Crippen LogP contribution in [0.15, 0.2) is 41.2 Å². The highest BCUT2D eigenvalue weighted by Gasteiger charge is 2.33. The summed E-state index contributed by atoms with van der Waals surface area (Å²) in [7, 11) is 0. The molecule has 1 aliphatic rings. The molecule has 1 fully saturated rings. The van der Waals surface area contributed by atoms with Crippen LogP contribution in [-0.2, 0) is 0 Å². The molecule has 94 valence electrons. The zero-order chi connectivity index (χ0) is 12.4. The average molecular weight is 258 g/mol. The van der Waals surface area contributed by atoms with Crippen LogP contribution >= 0.6 is 11.3 Å². The molecule has 2 nitrogen and oxygen atoms in total. The monoisotopic (exact) mass is 258 g/mol. The molecule has 0 amide bonds. The third-order valence-corrected chi connectivity index (χ3v) is 4.18. The molecule has 1 N–H and O–H groups in total. The van der Waals surface area contributed by atoms with Gasteiger partial charge in [0.1, 0.15) is 0 Å². The minimum Gasteiger partial charge on any atom is -0.302 e. The van der Waals surface area contributed by atoms with Crippen LogP contribution in [0.4, 0.5) is 0 Å². The summed E-state index contributed by atoms with van der Waals surface area (Å²) in [6, 6.07) is 11.6. The second-order valence-electron chi connectivity index (χ2n) is 5.03. The number of thiazole rings is 1. The number of nitrogens with zero attached hydrogens (tertiary/aromatic N) is 1. The summed E-state index contributed by atoms with van der Waals surface area (Å²) in [4.78, 5) is 4.40. The molecule has 2 aromatic rings. The molecule has 2 unspecified atom stereocenters. The first kappa shape index (κ1) is 11.9. The summed E-state index contributed by atoms with van der Waals surface area (Å²) >= 11 is 1.66. The standard InChI is InChI=1S/C15H18N2S/c1-11(14-9-18-10-16-14)17-15(13-7-8-13)12-5-3-2-4-6-12/h2-6,9-11,13,15,17H,7-8H2,1H3. The maximum Gasteiger partial charge on any atom is 0.0795 e. The predicted octanol–water partition coefficient (Wildman–Crippen LogP) is 3.95. The lowest BCUT2D eigenvalue weighted by Gasteiger charge is -2.22. The number of nitrogens with one attached hydrogen (secondary N) is 1. The molecule has 1 saturated carbocycles. The lowest BCUT2D eigenvalue weighted by atomic mass is 10.0. The van der Waals surface area contributed by atoms with Gasteiger partial charge in [-0.05, 0) is 31.2 Å². The van der Waals surface area contributed by atoms with E-state index in [0.717, 1.165) is 11.6 Å². The van der Waals surface area contributed by atoms with Crippen molar-refractivity contribution in [1.29, 1.82) is 0 Å². The molecular weight excluding hydrogens is 240 g/mol. The Kier molecular flexibility index (Phi) is 3.43. The van der Waals surface area contributed by atoms with Crippen molar-refractivity contribution in [1.82, 2.24) is 10.3 Å². The lowest BCUT2D eigenvalue weighted by Crippen LogP contribution is -2.26. The van der Waals surface area contributed by atoms with Gasteiger partial charge in [-0.25, -0.2) is 4.98 Å². The van der Waals surface area contributed by atoms with Gasteiger partial charge in [0.15, 0.2) is 0 Å². The largest absolute Gasteiger partial charge is 0.302 e. The van der Waals surface area contributed by atoms with E-state index in [1.165, 1.54) is 18.4 Å². The van der Waals surface area contributed by atoms with Crippen LogP contribution < -0.4 is 5.32 Å². The molecule has 0 radical (unpaired) electrons. The second-order valence-corrected chi connectivity index (χ2v) is 5.75. The van der Waals surface area contributed by atoms with Crippen molar-refractivity contribution in [3.8, 4) is 0 Å². The van der Waals surface area contributed by atoms with Crippen LogP contribution in [-0.4, -0.2) is 4.98 Å². The van der Waals surface area contributed by atoms with Gasteiger partial charge >= 0.3 is 0 Å². The normalized spacial score (nSPS) is 18.5. The average Bonchev–Trinajstić information content (AvgIpc) is 3.10. The second kappa shape index (κ2) is 5.21. The summed E-state index contributed by atoms with van der Waals surface area (Å²) in [5, 5.41) is 5.87. The van der Waals surface area contributed by atoms with E-state index >= 15 is 0 Å². The quantitative estimate of drug-likeness (QED) is 0.878. The van der Waals surface area contributed by atoms with Gasteiger partial charge in [-0.2, -0.15) is 0 Å². The Balaban J connectivity index is 1.75. The maximum absolute atomic E-state index is 4.40. The highest BCUT2D eigenvalue weighted by atomic mass is 32.1. The number of rotatable bonds is 5. The van der Waals surface area contributed by atoms with E-state index in [0.29, 0.717) is 12.1 Å². The van der Waals surface area contributed by atoms with Crippen LogP contribution in [0.3, 0.4) is 0 Å². The van der Waals surface area contributed by atoms with E-state index in [2.05, 4.69) is 52.9 Å². The molecule has 3 rings (SSSR count).